The van der Waals surface area contributed by atoms with Crippen LogP contribution in [0.5, 0.6) is 0 Å². The summed E-state index contributed by atoms with van der Waals surface area (Å²) < 4.78 is 0. The summed E-state index contributed by atoms with van der Waals surface area (Å²) in [6, 6.07) is 9.33. The van der Waals surface area contributed by atoms with E-state index in [1.165, 1.54) is 17.5 Å². The molecule has 0 aliphatic carbocycles. The summed E-state index contributed by atoms with van der Waals surface area (Å²) in [5.74, 6) is 0.731. The van der Waals surface area contributed by atoms with Gasteiger partial charge in [-0.25, -0.2) is 0 Å². The summed E-state index contributed by atoms with van der Waals surface area (Å²) in [7, 11) is 0. The summed E-state index contributed by atoms with van der Waals surface area (Å²) >= 11 is 0. The quantitative estimate of drug-likeness (QED) is 0.764. The molecular formula is C15H25N. The van der Waals surface area contributed by atoms with Crippen molar-refractivity contribution < 1.29 is 0 Å². The molecule has 1 rings (SSSR count). The Balaban J connectivity index is 2.90. The molecule has 0 aliphatic rings. The Morgan fingerprint density at radius 1 is 1.12 bits per heavy atom. The van der Waals surface area contributed by atoms with Crippen LogP contribution in [0.25, 0.3) is 0 Å². The van der Waals surface area contributed by atoms with Gasteiger partial charge in [0.1, 0.15) is 0 Å². The fraction of sp³-hybridized carbons (Fsp3) is 0.600. The normalized spacial score (nSPS) is 13.1. The standard InChI is InChI=1S/C15H25N/c1-5-13-9-7-8-10-14(13)15(16-6-2)11-12(3)4/h7-10,12,15-16H,5-6,11H2,1-4H3. The maximum Gasteiger partial charge on any atom is 0.0325 e. The summed E-state index contributed by atoms with van der Waals surface area (Å²) in [5.41, 5.74) is 2.97. The zero-order chi connectivity index (χ0) is 12.0. The molecule has 0 saturated carbocycles. The molecule has 0 amide bonds. The van der Waals surface area contributed by atoms with Gasteiger partial charge >= 0.3 is 0 Å². The topological polar surface area (TPSA) is 12.0 Å². The minimum Gasteiger partial charge on any atom is -0.310 e. The van der Waals surface area contributed by atoms with Crippen LogP contribution in [0.1, 0.15) is 51.3 Å². The highest BCUT2D eigenvalue weighted by Crippen LogP contribution is 2.24. The molecule has 1 N–H and O–H groups in total. The first-order chi connectivity index (χ1) is 7.69. The summed E-state index contributed by atoms with van der Waals surface area (Å²) in [5, 5.41) is 3.60. The Morgan fingerprint density at radius 2 is 1.81 bits per heavy atom. The highest BCUT2D eigenvalue weighted by Gasteiger charge is 2.14. The first-order valence-corrected chi connectivity index (χ1v) is 6.50. The molecule has 0 saturated heterocycles. The van der Waals surface area contributed by atoms with Crippen LogP contribution in [-0.4, -0.2) is 6.54 Å². The minimum atomic E-state index is 0.515. The molecule has 0 radical (unpaired) electrons. The maximum absolute atomic E-state index is 3.60. The fourth-order valence-electron chi connectivity index (χ4n) is 2.23. The third kappa shape index (κ3) is 3.64. The number of benzene rings is 1. The van der Waals surface area contributed by atoms with Crippen molar-refractivity contribution >= 4 is 0 Å². The molecule has 16 heavy (non-hydrogen) atoms. The van der Waals surface area contributed by atoms with Crippen molar-refractivity contribution in [1.29, 1.82) is 0 Å². The van der Waals surface area contributed by atoms with Gasteiger partial charge in [0, 0.05) is 6.04 Å². The predicted molar refractivity (Wildman–Crippen MR) is 71.7 cm³/mol. The lowest BCUT2D eigenvalue weighted by Crippen LogP contribution is -2.23. The van der Waals surface area contributed by atoms with Crippen LogP contribution in [0.2, 0.25) is 0 Å². The van der Waals surface area contributed by atoms with Gasteiger partial charge < -0.3 is 5.32 Å². The van der Waals surface area contributed by atoms with Gasteiger partial charge in [0.15, 0.2) is 0 Å². The summed E-state index contributed by atoms with van der Waals surface area (Å²) in [4.78, 5) is 0. The van der Waals surface area contributed by atoms with E-state index >= 15 is 0 Å². The second kappa shape index (κ2) is 6.70. The molecule has 0 fully saturated rings. The van der Waals surface area contributed by atoms with Crippen LogP contribution in [0, 0.1) is 5.92 Å². The molecule has 1 nitrogen and oxygen atoms in total. The highest BCUT2D eigenvalue weighted by molar-refractivity contribution is 5.30. The average molecular weight is 219 g/mol. The first kappa shape index (κ1) is 13.2. The van der Waals surface area contributed by atoms with E-state index in [4.69, 9.17) is 0 Å². The SMILES string of the molecule is CCNC(CC(C)C)c1ccccc1CC. The van der Waals surface area contributed by atoms with Crippen molar-refractivity contribution in [2.45, 2.75) is 46.6 Å². The van der Waals surface area contributed by atoms with E-state index < -0.39 is 0 Å². The molecule has 0 aromatic heterocycles. The number of hydrogen-bond donors (Lipinski definition) is 1. The van der Waals surface area contributed by atoms with Gasteiger partial charge in [0.2, 0.25) is 0 Å². The second-order valence-electron chi connectivity index (χ2n) is 4.79. The lowest BCUT2D eigenvalue weighted by molar-refractivity contribution is 0.436. The van der Waals surface area contributed by atoms with E-state index in [2.05, 4.69) is 57.3 Å². The third-order valence-corrected chi connectivity index (χ3v) is 2.97. The molecule has 1 aromatic carbocycles. The highest BCUT2D eigenvalue weighted by atomic mass is 14.9. The van der Waals surface area contributed by atoms with Crippen molar-refractivity contribution in [3.63, 3.8) is 0 Å². The van der Waals surface area contributed by atoms with E-state index in [1.807, 2.05) is 0 Å². The van der Waals surface area contributed by atoms with Gasteiger partial charge in [-0.3, -0.25) is 0 Å². The third-order valence-electron chi connectivity index (χ3n) is 2.97. The molecule has 1 unspecified atom stereocenters. The number of rotatable bonds is 6. The molecule has 1 atom stereocenters. The number of nitrogens with one attached hydrogen (secondary N) is 1. The predicted octanol–water partition coefficient (Wildman–Crippen LogP) is 3.95. The fourth-order valence-corrected chi connectivity index (χ4v) is 2.23. The smallest absolute Gasteiger partial charge is 0.0325 e. The Bertz CT molecular complexity index is 304. The molecule has 90 valence electrons. The van der Waals surface area contributed by atoms with Crippen molar-refractivity contribution in [3.05, 3.63) is 35.4 Å². The lowest BCUT2D eigenvalue weighted by atomic mass is 9.92. The van der Waals surface area contributed by atoms with Crippen molar-refractivity contribution in [2.24, 2.45) is 5.92 Å². The maximum atomic E-state index is 3.60. The second-order valence-corrected chi connectivity index (χ2v) is 4.79. The molecule has 0 aliphatic heterocycles. The van der Waals surface area contributed by atoms with E-state index in [0.717, 1.165) is 18.9 Å². The first-order valence-electron chi connectivity index (χ1n) is 6.50. The van der Waals surface area contributed by atoms with Gasteiger partial charge in [-0.05, 0) is 36.4 Å². The van der Waals surface area contributed by atoms with Crippen LogP contribution >= 0.6 is 0 Å². The molecule has 0 bridgehead atoms. The average Bonchev–Trinajstić information content (AvgIpc) is 2.28. The molecule has 1 heteroatoms. The van der Waals surface area contributed by atoms with E-state index in [1.54, 1.807) is 0 Å². The lowest BCUT2D eigenvalue weighted by Gasteiger charge is -2.22. The Morgan fingerprint density at radius 3 is 2.38 bits per heavy atom. The zero-order valence-corrected chi connectivity index (χ0v) is 11.1. The summed E-state index contributed by atoms with van der Waals surface area (Å²) in [6.07, 6.45) is 2.33. The van der Waals surface area contributed by atoms with Gasteiger partial charge in [-0.15, -0.1) is 0 Å². The number of hydrogen-bond acceptors (Lipinski definition) is 1. The van der Waals surface area contributed by atoms with Gasteiger partial charge in [-0.2, -0.15) is 0 Å². The van der Waals surface area contributed by atoms with E-state index in [0.29, 0.717) is 6.04 Å². The van der Waals surface area contributed by atoms with Crippen molar-refractivity contribution in [2.75, 3.05) is 6.54 Å². The summed E-state index contributed by atoms with van der Waals surface area (Å²) in [6.45, 7) is 10.0. The van der Waals surface area contributed by atoms with Crippen LogP contribution in [0.4, 0.5) is 0 Å². The largest absolute Gasteiger partial charge is 0.310 e. The molecule has 1 aromatic rings. The Kier molecular flexibility index (Phi) is 5.54. The molecule has 0 spiro atoms. The van der Waals surface area contributed by atoms with Crippen LogP contribution < -0.4 is 5.32 Å². The molecular weight excluding hydrogens is 194 g/mol. The van der Waals surface area contributed by atoms with Gasteiger partial charge in [0.25, 0.3) is 0 Å². The zero-order valence-electron chi connectivity index (χ0n) is 11.1. The van der Waals surface area contributed by atoms with Crippen LogP contribution in [0.15, 0.2) is 24.3 Å². The van der Waals surface area contributed by atoms with E-state index in [9.17, 15) is 0 Å². The molecule has 0 heterocycles. The minimum absolute atomic E-state index is 0.515. The van der Waals surface area contributed by atoms with E-state index in [-0.39, 0.29) is 0 Å². The van der Waals surface area contributed by atoms with Gasteiger partial charge in [-0.1, -0.05) is 52.0 Å². The van der Waals surface area contributed by atoms with Crippen molar-refractivity contribution in [3.8, 4) is 0 Å². The Hall–Kier alpha value is -0.820. The number of aryl methyl sites for hydroxylation is 1. The van der Waals surface area contributed by atoms with Gasteiger partial charge in [0.05, 0.1) is 0 Å². The Labute approximate surface area is 100 Å². The van der Waals surface area contributed by atoms with Crippen LogP contribution in [0.3, 0.4) is 0 Å². The monoisotopic (exact) mass is 219 g/mol. The van der Waals surface area contributed by atoms with Crippen LogP contribution in [-0.2, 0) is 6.42 Å². The van der Waals surface area contributed by atoms with Crippen molar-refractivity contribution in [1.82, 2.24) is 5.32 Å².